The number of amides is 3. The average Bonchev–Trinajstić information content (AvgIpc) is 3.63. The number of hydrazine groups is 1. The largest absolute Gasteiger partial charge is 0.360 e. The first kappa shape index (κ1) is 26.3. The van der Waals surface area contributed by atoms with Crippen LogP contribution in [0.2, 0.25) is 0 Å². The Kier molecular flexibility index (Phi) is 7.83. The van der Waals surface area contributed by atoms with Gasteiger partial charge in [0.1, 0.15) is 22.7 Å². The zero-order valence-corrected chi connectivity index (χ0v) is 22.6. The highest BCUT2D eigenvalue weighted by Crippen LogP contribution is 2.32. The van der Waals surface area contributed by atoms with Gasteiger partial charge in [0.05, 0.1) is 5.01 Å². The predicted octanol–water partition coefficient (Wildman–Crippen LogP) is 4.76. The van der Waals surface area contributed by atoms with E-state index >= 15 is 0 Å². The summed E-state index contributed by atoms with van der Waals surface area (Å²) in [5, 5.41) is 6.68. The molecule has 0 aliphatic carbocycles. The summed E-state index contributed by atoms with van der Waals surface area (Å²) in [6.07, 6.45) is 2.35. The van der Waals surface area contributed by atoms with E-state index in [4.69, 9.17) is 4.52 Å². The van der Waals surface area contributed by atoms with E-state index in [1.165, 1.54) is 11.3 Å². The smallest absolute Gasteiger partial charge is 0.289 e. The van der Waals surface area contributed by atoms with Crippen molar-refractivity contribution in [2.45, 2.75) is 39.0 Å². The Hall–Kier alpha value is -4.31. The highest BCUT2D eigenvalue weighted by atomic mass is 32.1. The molecule has 4 aromatic rings. The molecule has 0 spiro atoms. The molecule has 9 nitrogen and oxygen atoms in total. The SMILES string of the molecule is CCc1ccc(C(=O)NNC(=O)c2csc(C3CCN(C(=O)c4c(-c5ccccc5)noc4C)CC3)n2)cc1. The molecule has 10 heteroatoms. The highest BCUT2D eigenvalue weighted by Gasteiger charge is 2.31. The molecule has 2 aromatic heterocycles. The van der Waals surface area contributed by atoms with Gasteiger partial charge in [-0.05, 0) is 43.9 Å². The minimum absolute atomic E-state index is 0.0923. The Bertz CT molecular complexity index is 1470. The summed E-state index contributed by atoms with van der Waals surface area (Å²) in [7, 11) is 0. The summed E-state index contributed by atoms with van der Waals surface area (Å²) < 4.78 is 5.38. The van der Waals surface area contributed by atoms with Crippen LogP contribution >= 0.6 is 11.3 Å². The first-order chi connectivity index (χ1) is 18.9. The van der Waals surface area contributed by atoms with E-state index in [2.05, 4.69) is 21.0 Å². The monoisotopic (exact) mass is 543 g/mol. The lowest BCUT2D eigenvalue weighted by molar-refractivity contribution is 0.0711. The molecular formula is C29H29N5O4S. The standard InChI is InChI=1S/C29H29N5O4S/c1-3-19-9-11-21(12-10-19)26(35)31-32-27(36)23-17-39-28(30-23)22-13-15-34(16-14-22)29(37)24-18(2)38-33-25(24)20-7-5-4-6-8-20/h4-12,17,22H,3,13-16H2,1-2H3,(H,31,35)(H,32,36). The fraction of sp³-hybridized carbons (Fsp3) is 0.276. The Morgan fingerprint density at radius 1 is 1.00 bits per heavy atom. The average molecular weight is 544 g/mol. The molecule has 1 aliphatic heterocycles. The molecule has 1 aliphatic rings. The summed E-state index contributed by atoms with van der Waals surface area (Å²) in [5.74, 6) is -0.312. The number of benzene rings is 2. The molecule has 5 rings (SSSR count). The van der Waals surface area contributed by atoms with Crippen LogP contribution in [0.4, 0.5) is 0 Å². The third kappa shape index (κ3) is 5.75. The zero-order chi connectivity index (χ0) is 27.4. The van der Waals surface area contributed by atoms with Crippen molar-refractivity contribution in [2.24, 2.45) is 0 Å². The van der Waals surface area contributed by atoms with Gasteiger partial charge in [0, 0.05) is 35.5 Å². The van der Waals surface area contributed by atoms with E-state index in [9.17, 15) is 14.4 Å². The van der Waals surface area contributed by atoms with Gasteiger partial charge in [0.2, 0.25) is 0 Å². The van der Waals surface area contributed by atoms with Crippen LogP contribution in [-0.2, 0) is 6.42 Å². The molecule has 0 unspecified atom stereocenters. The molecule has 2 aromatic carbocycles. The molecule has 3 amide bonds. The predicted molar refractivity (Wildman–Crippen MR) is 147 cm³/mol. The normalized spacial score (nSPS) is 13.7. The van der Waals surface area contributed by atoms with Crippen molar-refractivity contribution in [2.75, 3.05) is 13.1 Å². The van der Waals surface area contributed by atoms with Gasteiger partial charge in [0.25, 0.3) is 17.7 Å². The van der Waals surface area contributed by atoms with Crippen LogP contribution in [0.1, 0.15) is 73.2 Å². The van der Waals surface area contributed by atoms with Crippen LogP contribution in [0, 0.1) is 6.92 Å². The Morgan fingerprint density at radius 2 is 1.69 bits per heavy atom. The summed E-state index contributed by atoms with van der Waals surface area (Å²) in [6.45, 7) is 4.93. The number of aryl methyl sites for hydroxylation is 2. The fourth-order valence-corrected chi connectivity index (χ4v) is 5.60. The molecule has 2 N–H and O–H groups in total. The highest BCUT2D eigenvalue weighted by molar-refractivity contribution is 7.09. The number of hydrogen-bond acceptors (Lipinski definition) is 7. The van der Waals surface area contributed by atoms with Crippen LogP contribution in [0.15, 0.2) is 64.5 Å². The van der Waals surface area contributed by atoms with Crippen molar-refractivity contribution in [1.29, 1.82) is 0 Å². The molecule has 200 valence electrons. The molecule has 0 atom stereocenters. The van der Waals surface area contributed by atoms with Crippen molar-refractivity contribution in [3.8, 4) is 11.3 Å². The number of nitrogens with zero attached hydrogens (tertiary/aromatic N) is 3. The van der Waals surface area contributed by atoms with Gasteiger partial charge in [-0.25, -0.2) is 4.98 Å². The van der Waals surface area contributed by atoms with E-state index in [1.807, 2.05) is 54.3 Å². The zero-order valence-electron chi connectivity index (χ0n) is 21.8. The van der Waals surface area contributed by atoms with Gasteiger partial charge in [0.15, 0.2) is 0 Å². The maximum Gasteiger partial charge on any atom is 0.289 e. The summed E-state index contributed by atoms with van der Waals surface area (Å²) >= 11 is 1.42. The maximum atomic E-state index is 13.4. The first-order valence-electron chi connectivity index (χ1n) is 12.9. The van der Waals surface area contributed by atoms with Gasteiger partial charge in [-0.3, -0.25) is 25.2 Å². The van der Waals surface area contributed by atoms with Crippen LogP contribution < -0.4 is 10.9 Å². The first-order valence-corrected chi connectivity index (χ1v) is 13.8. The van der Waals surface area contributed by atoms with Crippen LogP contribution in [0.5, 0.6) is 0 Å². The number of carbonyl (C=O) groups excluding carboxylic acids is 3. The molecule has 1 fully saturated rings. The van der Waals surface area contributed by atoms with Crippen LogP contribution in [0.3, 0.4) is 0 Å². The van der Waals surface area contributed by atoms with Crippen molar-refractivity contribution in [3.63, 3.8) is 0 Å². The van der Waals surface area contributed by atoms with Gasteiger partial charge in [-0.2, -0.15) is 0 Å². The van der Waals surface area contributed by atoms with Gasteiger partial charge < -0.3 is 9.42 Å². The summed E-state index contributed by atoms with van der Waals surface area (Å²) in [6, 6.07) is 16.8. The second kappa shape index (κ2) is 11.6. The number of thiazole rings is 1. The summed E-state index contributed by atoms with van der Waals surface area (Å²) in [4.78, 5) is 44.7. The van der Waals surface area contributed by atoms with Gasteiger partial charge >= 0.3 is 0 Å². The Balaban J connectivity index is 1.16. The van der Waals surface area contributed by atoms with E-state index in [-0.39, 0.29) is 17.5 Å². The molecule has 0 bridgehead atoms. The lowest BCUT2D eigenvalue weighted by Gasteiger charge is -2.31. The second-order valence-electron chi connectivity index (χ2n) is 9.42. The van der Waals surface area contributed by atoms with E-state index in [1.54, 1.807) is 24.4 Å². The lowest BCUT2D eigenvalue weighted by Crippen LogP contribution is -2.41. The minimum Gasteiger partial charge on any atom is -0.360 e. The number of likely N-dealkylation sites (tertiary alicyclic amines) is 1. The minimum atomic E-state index is -0.472. The third-order valence-corrected chi connectivity index (χ3v) is 7.93. The van der Waals surface area contributed by atoms with Crippen LogP contribution in [0.25, 0.3) is 11.3 Å². The molecule has 39 heavy (non-hydrogen) atoms. The fourth-order valence-electron chi connectivity index (χ4n) is 4.63. The number of aromatic nitrogens is 2. The molecule has 1 saturated heterocycles. The second-order valence-corrected chi connectivity index (χ2v) is 10.3. The Labute approximate surface area is 230 Å². The Morgan fingerprint density at radius 3 is 2.38 bits per heavy atom. The molecule has 0 saturated carbocycles. The number of rotatable bonds is 6. The van der Waals surface area contributed by atoms with Crippen molar-refractivity contribution < 1.29 is 18.9 Å². The van der Waals surface area contributed by atoms with Crippen molar-refractivity contribution >= 4 is 29.1 Å². The van der Waals surface area contributed by atoms with Gasteiger partial charge in [-0.15, -0.1) is 11.3 Å². The number of piperidine rings is 1. The van der Waals surface area contributed by atoms with Crippen LogP contribution in [-0.4, -0.2) is 45.9 Å². The van der Waals surface area contributed by atoms with E-state index < -0.39 is 11.8 Å². The quantitative estimate of drug-likeness (QED) is 0.339. The number of nitrogens with one attached hydrogen (secondary N) is 2. The van der Waals surface area contributed by atoms with E-state index in [0.717, 1.165) is 35.4 Å². The lowest BCUT2D eigenvalue weighted by atomic mass is 9.96. The van der Waals surface area contributed by atoms with E-state index in [0.29, 0.717) is 35.7 Å². The third-order valence-electron chi connectivity index (χ3n) is 6.92. The van der Waals surface area contributed by atoms with Crippen molar-refractivity contribution in [3.05, 3.63) is 93.1 Å². The molecular weight excluding hydrogens is 514 g/mol. The molecule has 0 radical (unpaired) electrons. The summed E-state index contributed by atoms with van der Waals surface area (Å²) in [5.41, 5.74) is 8.63. The molecule has 3 heterocycles. The number of carbonyl (C=O) groups is 3. The van der Waals surface area contributed by atoms with Crippen molar-refractivity contribution in [1.82, 2.24) is 25.9 Å². The maximum absolute atomic E-state index is 13.4. The number of hydrogen-bond donors (Lipinski definition) is 2. The van der Waals surface area contributed by atoms with Gasteiger partial charge in [-0.1, -0.05) is 54.5 Å². The topological polar surface area (TPSA) is 117 Å².